The van der Waals surface area contributed by atoms with Gasteiger partial charge in [-0.25, -0.2) is 0 Å². The van der Waals surface area contributed by atoms with Gasteiger partial charge in [-0.3, -0.25) is 0 Å². The van der Waals surface area contributed by atoms with Crippen molar-refractivity contribution in [3.05, 3.63) is 11.8 Å². The quantitative estimate of drug-likeness (QED) is 0.711. The van der Waals surface area contributed by atoms with E-state index in [-0.39, 0.29) is 5.92 Å². The average Bonchev–Trinajstić information content (AvgIpc) is 2.60. The van der Waals surface area contributed by atoms with Gasteiger partial charge in [0.2, 0.25) is 5.79 Å². The highest BCUT2D eigenvalue weighted by molar-refractivity contribution is 5.17. The second kappa shape index (κ2) is 3.53. The standard InChI is InChI=1S/C10H16O4/c1-12-9-6-8(11)5-7-3-4-14-10(7,9)13-2/h6-8,11H,3-5H2,1-2H3/t7-,8-,10-/m0/s1. The normalized spacial score (nSPS) is 41.8. The van der Waals surface area contributed by atoms with Crippen molar-refractivity contribution in [1.82, 2.24) is 0 Å². The second-order valence-corrected chi connectivity index (χ2v) is 3.74. The summed E-state index contributed by atoms with van der Waals surface area (Å²) in [5.41, 5.74) is 0. The summed E-state index contributed by atoms with van der Waals surface area (Å²) in [4.78, 5) is 0. The zero-order valence-electron chi connectivity index (χ0n) is 8.53. The van der Waals surface area contributed by atoms with Gasteiger partial charge in [-0.1, -0.05) is 0 Å². The lowest BCUT2D eigenvalue weighted by molar-refractivity contribution is -0.217. The van der Waals surface area contributed by atoms with E-state index in [1.807, 2.05) is 0 Å². The molecule has 1 aliphatic carbocycles. The molecule has 1 fully saturated rings. The topological polar surface area (TPSA) is 47.9 Å². The Morgan fingerprint density at radius 3 is 3.00 bits per heavy atom. The predicted octanol–water partition coefficient (Wildman–Crippen LogP) is 0.660. The number of aliphatic hydroxyl groups excluding tert-OH is 1. The van der Waals surface area contributed by atoms with Crippen LogP contribution in [0.25, 0.3) is 0 Å². The Hall–Kier alpha value is -0.580. The maximum Gasteiger partial charge on any atom is 0.230 e. The molecule has 0 saturated carbocycles. The lowest BCUT2D eigenvalue weighted by Crippen LogP contribution is -2.44. The van der Waals surface area contributed by atoms with E-state index in [4.69, 9.17) is 14.2 Å². The molecule has 0 bridgehead atoms. The number of ether oxygens (including phenoxy) is 3. The van der Waals surface area contributed by atoms with Crippen LogP contribution in [-0.4, -0.2) is 37.8 Å². The molecular formula is C10H16O4. The van der Waals surface area contributed by atoms with Crippen LogP contribution in [0.15, 0.2) is 11.8 Å². The van der Waals surface area contributed by atoms with E-state index in [1.165, 1.54) is 0 Å². The van der Waals surface area contributed by atoms with Gasteiger partial charge in [0.05, 0.1) is 19.8 Å². The van der Waals surface area contributed by atoms with Crippen LogP contribution in [0.4, 0.5) is 0 Å². The minimum absolute atomic E-state index is 0.197. The molecule has 2 rings (SSSR count). The Morgan fingerprint density at radius 2 is 2.36 bits per heavy atom. The molecule has 0 amide bonds. The first-order valence-corrected chi connectivity index (χ1v) is 4.86. The molecular weight excluding hydrogens is 184 g/mol. The van der Waals surface area contributed by atoms with Gasteiger partial charge in [-0.2, -0.15) is 0 Å². The van der Waals surface area contributed by atoms with Crippen LogP contribution < -0.4 is 0 Å². The number of aliphatic hydroxyl groups is 1. The molecule has 14 heavy (non-hydrogen) atoms. The molecule has 4 nitrogen and oxygen atoms in total. The van der Waals surface area contributed by atoms with Gasteiger partial charge in [0.25, 0.3) is 0 Å². The van der Waals surface area contributed by atoms with Crippen LogP contribution in [0, 0.1) is 5.92 Å². The van der Waals surface area contributed by atoms with Crippen molar-refractivity contribution in [1.29, 1.82) is 0 Å². The molecule has 0 radical (unpaired) electrons. The van der Waals surface area contributed by atoms with Crippen molar-refractivity contribution in [2.75, 3.05) is 20.8 Å². The van der Waals surface area contributed by atoms with Crippen molar-refractivity contribution in [2.45, 2.75) is 24.7 Å². The fraction of sp³-hybridized carbons (Fsp3) is 0.800. The molecule has 1 heterocycles. The van der Waals surface area contributed by atoms with E-state index in [0.717, 1.165) is 6.42 Å². The first-order valence-electron chi connectivity index (χ1n) is 4.86. The Labute approximate surface area is 83.5 Å². The summed E-state index contributed by atoms with van der Waals surface area (Å²) in [5.74, 6) is 0.0530. The Balaban J connectivity index is 2.34. The SMILES string of the molecule is COC1=C[C@@H](O)C[C@@H]2CCO[C@]12OC. The maximum atomic E-state index is 9.60. The maximum absolute atomic E-state index is 9.60. The van der Waals surface area contributed by atoms with Crippen LogP contribution in [0.5, 0.6) is 0 Å². The number of methoxy groups -OCH3 is 2. The lowest BCUT2D eigenvalue weighted by Gasteiger charge is -2.37. The van der Waals surface area contributed by atoms with Crippen LogP contribution in [0.2, 0.25) is 0 Å². The largest absolute Gasteiger partial charge is 0.496 e. The predicted molar refractivity (Wildman–Crippen MR) is 49.5 cm³/mol. The van der Waals surface area contributed by atoms with Crippen molar-refractivity contribution in [3.8, 4) is 0 Å². The monoisotopic (exact) mass is 200 g/mol. The summed E-state index contributed by atoms with van der Waals surface area (Å²) in [7, 11) is 3.19. The van der Waals surface area contributed by atoms with E-state index in [2.05, 4.69) is 0 Å². The number of fused-ring (bicyclic) bond motifs is 1. The fourth-order valence-corrected chi connectivity index (χ4v) is 2.39. The van der Waals surface area contributed by atoms with E-state index in [0.29, 0.717) is 18.8 Å². The third kappa shape index (κ3) is 1.26. The van der Waals surface area contributed by atoms with Crippen LogP contribution in [0.1, 0.15) is 12.8 Å². The summed E-state index contributed by atoms with van der Waals surface area (Å²) in [6, 6.07) is 0. The lowest BCUT2D eigenvalue weighted by atomic mass is 9.85. The number of hydrogen-bond donors (Lipinski definition) is 1. The van der Waals surface area contributed by atoms with Crippen molar-refractivity contribution in [3.63, 3.8) is 0 Å². The van der Waals surface area contributed by atoms with Crippen molar-refractivity contribution >= 4 is 0 Å². The molecule has 2 aliphatic rings. The van der Waals surface area contributed by atoms with E-state index in [9.17, 15) is 5.11 Å². The molecule has 3 atom stereocenters. The molecule has 0 aromatic heterocycles. The summed E-state index contributed by atoms with van der Waals surface area (Å²) in [6.45, 7) is 0.659. The fourth-order valence-electron chi connectivity index (χ4n) is 2.39. The van der Waals surface area contributed by atoms with Gasteiger partial charge in [0.1, 0.15) is 0 Å². The molecule has 4 heteroatoms. The van der Waals surface area contributed by atoms with E-state index < -0.39 is 11.9 Å². The summed E-state index contributed by atoms with van der Waals surface area (Å²) in [6.07, 6.45) is 2.82. The van der Waals surface area contributed by atoms with Crippen LogP contribution in [-0.2, 0) is 14.2 Å². The molecule has 1 N–H and O–H groups in total. The first kappa shape index (κ1) is 9.96. The molecule has 0 unspecified atom stereocenters. The minimum atomic E-state index is -0.742. The van der Waals surface area contributed by atoms with Gasteiger partial charge < -0.3 is 19.3 Å². The van der Waals surface area contributed by atoms with E-state index in [1.54, 1.807) is 20.3 Å². The van der Waals surface area contributed by atoms with Crippen molar-refractivity contribution < 1.29 is 19.3 Å². The van der Waals surface area contributed by atoms with Gasteiger partial charge in [0.15, 0.2) is 5.76 Å². The third-order valence-corrected chi connectivity index (χ3v) is 3.06. The van der Waals surface area contributed by atoms with Crippen molar-refractivity contribution in [2.24, 2.45) is 5.92 Å². The van der Waals surface area contributed by atoms with Crippen LogP contribution in [0.3, 0.4) is 0 Å². The molecule has 0 aromatic rings. The Bertz CT molecular complexity index is 251. The van der Waals surface area contributed by atoms with Crippen LogP contribution >= 0.6 is 0 Å². The Morgan fingerprint density at radius 1 is 1.57 bits per heavy atom. The summed E-state index contributed by atoms with van der Waals surface area (Å²) in [5, 5.41) is 9.60. The van der Waals surface area contributed by atoms with Gasteiger partial charge in [-0.05, 0) is 18.9 Å². The summed E-state index contributed by atoms with van der Waals surface area (Å²) >= 11 is 0. The minimum Gasteiger partial charge on any atom is -0.496 e. The highest BCUT2D eigenvalue weighted by Gasteiger charge is 2.52. The molecule has 0 spiro atoms. The molecule has 1 saturated heterocycles. The highest BCUT2D eigenvalue weighted by Crippen LogP contribution is 2.44. The second-order valence-electron chi connectivity index (χ2n) is 3.74. The number of hydrogen-bond acceptors (Lipinski definition) is 4. The zero-order valence-corrected chi connectivity index (χ0v) is 8.53. The van der Waals surface area contributed by atoms with Gasteiger partial charge >= 0.3 is 0 Å². The molecule has 1 aliphatic heterocycles. The summed E-state index contributed by atoms with van der Waals surface area (Å²) < 4.78 is 16.3. The van der Waals surface area contributed by atoms with E-state index >= 15 is 0 Å². The number of rotatable bonds is 2. The molecule has 0 aromatic carbocycles. The molecule has 80 valence electrons. The highest BCUT2D eigenvalue weighted by atomic mass is 16.7. The zero-order chi connectivity index (χ0) is 10.2. The average molecular weight is 200 g/mol. The third-order valence-electron chi connectivity index (χ3n) is 3.06. The smallest absolute Gasteiger partial charge is 0.230 e. The first-order chi connectivity index (χ1) is 6.73. The Kier molecular flexibility index (Phi) is 2.51. The van der Waals surface area contributed by atoms with Gasteiger partial charge in [-0.15, -0.1) is 0 Å². The van der Waals surface area contributed by atoms with Gasteiger partial charge in [0, 0.05) is 13.0 Å².